The van der Waals surface area contributed by atoms with Crippen molar-refractivity contribution in [2.24, 2.45) is 0 Å². The van der Waals surface area contributed by atoms with Crippen molar-refractivity contribution in [3.05, 3.63) is 0 Å². The minimum absolute atomic E-state index is 0. The first-order valence-electron chi connectivity index (χ1n) is 1.49. The van der Waals surface area contributed by atoms with Gasteiger partial charge in [0.1, 0.15) is 0 Å². The molecule has 0 rings (SSSR count). The van der Waals surface area contributed by atoms with E-state index in [1.54, 1.807) is 6.92 Å². The molecule has 0 aliphatic heterocycles. The maximum atomic E-state index is 9.37. The normalized spacial score (nSPS) is 5.29. The minimum atomic E-state index is -0.745. The summed E-state index contributed by atoms with van der Waals surface area (Å²) in [6, 6.07) is 0. The van der Waals surface area contributed by atoms with Gasteiger partial charge in [-0.3, -0.25) is 4.79 Å². The second kappa shape index (κ2) is 9.33. The molecule has 2 radical (unpaired) electrons. The van der Waals surface area contributed by atoms with Crippen LogP contribution < -0.4 is 0 Å². The summed E-state index contributed by atoms with van der Waals surface area (Å²) >= 11 is 0. The van der Waals surface area contributed by atoms with Crippen LogP contribution in [0.2, 0.25) is 0 Å². The van der Waals surface area contributed by atoms with Gasteiger partial charge in [0, 0.05) is 28.2 Å². The molecule has 0 aromatic heterocycles. The van der Waals surface area contributed by atoms with Crippen molar-refractivity contribution >= 4 is 5.97 Å². The molecule has 0 aliphatic carbocycles. The number of carboxylic acid groups (broad SMARTS) is 1. The monoisotopic (exact) mass is 156 g/mol. The molecule has 0 saturated carbocycles. The molecule has 0 aliphatic rings. The molecular formula is C3H6CuFO2. The zero-order valence-electron chi connectivity index (χ0n) is 3.74. The average Bonchev–Trinajstić information content (AvgIpc) is 1.38. The minimum Gasteiger partial charge on any atom is -0.481 e. The fraction of sp³-hybridized carbons (Fsp3) is 0.667. The van der Waals surface area contributed by atoms with Gasteiger partial charge in [-0.25, -0.2) is 0 Å². The Labute approximate surface area is 51.7 Å². The SMILES string of the molecule is CCC(=O)O.[Cu].[F]. The smallest absolute Gasteiger partial charge is 0.303 e. The fourth-order valence-electron chi connectivity index (χ4n) is 0. The van der Waals surface area contributed by atoms with Crippen molar-refractivity contribution in [2.75, 3.05) is 0 Å². The summed E-state index contributed by atoms with van der Waals surface area (Å²) in [6.45, 7) is 1.60. The first-order chi connectivity index (χ1) is 2.27. The molecule has 0 bridgehead atoms. The number of rotatable bonds is 1. The van der Waals surface area contributed by atoms with E-state index in [0.717, 1.165) is 0 Å². The van der Waals surface area contributed by atoms with E-state index in [4.69, 9.17) is 5.11 Å². The van der Waals surface area contributed by atoms with Crippen LogP contribution in [0.25, 0.3) is 0 Å². The third-order valence-corrected chi connectivity index (χ3v) is 0.302. The van der Waals surface area contributed by atoms with E-state index in [2.05, 4.69) is 0 Å². The van der Waals surface area contributed by atoms with Crippen molar-refractivity contribution in [1.82, 2.24) is 0 Å². The van der Waals surface area contributed by atoms with Gasteiger partial charge in [0.15, 0.2) is 0 Å². The first-order valence-corrected chi connectivity index (χ1v) is 1.49. The summed E-state index contributed by atoms with van der Waals surface area (Å²) in [5, 5.41) is 7.72. The van der Waals surface area contributed by atoms with Crippen molar-refractivity contribution in [2.45, 2.75) is 13.3 Å². The topological polar surface area (TPSA) is 37.3 Å². The summed E-state index contributed by atoms with van der Waals surface area (Å²) in [6.07, 6.45) is 0.222. The summed E-state index contributed by atoms with van der Waals surface area (Å²) in [7, 11) is 0. The van der Waals surface area contributed by atoms with Gasteiger partial charge >= 0.3 is 5.97 Å². The Morgan fingerprint density at radius 1 is 1.71 bits per heavy atom. The third-order valence-electron chi connectivity index (χ3n) is 0.302. The number of carbonyl (C=O) groups is 1. The number of halogens is 1. The molecule has 0 aromatic carbocycles. The van der Waals surface area contributed by atoms with Crippen LogP contribution >= 0.6 is 0 Å². The Balaban J connectivity index is -0.0000000800. The largest absolute Gasteiger partial charge is 0.481 e. The molecule has 0 heterocycles. The van der Waals surface area contributed by atoms with Crippen LogP contribution in [0.4, 0.5) is 4.70 Å². The molecule has 7 heavy (non-hydrogen) atoms. The van der Waals surface area contributed by atoms with Gasteiger partial charge in [-0.05, 0) is 0 Å². The standard InChI is InChI=1S/C3H6O2.Cu.F/c1-2-3(4)5;;/h2H2,1H3,(H,4,5);;. The van der Waals surface area contributed by atoms with Crippen LogP contribution in [0.15, 0.2) is 0 Å². The van der Waals surface area contributed by atoms with Gasteiger partial charge in [0.2, 0.25) is 0 Å². The molecule has 0 atom stereocenters. The molecule has 4 heteroatoms. The second-order valence-electron chi connectivity index (χ2n) is 0.747. The van der Waals surface area contributed by atoms with Crippen molar-refractivity contribution in [3.8, 4) is 0 Å². The Kier molecular flexibility index (Phi) is 21.0. The molecular weight excluding hydrogens is 151 g/mol. The van der Waals surface area contributed by atoms with Gasteiger partial charge in [-0.15, -0.1) is 0 Å². The molecule has 48 valence electrons. The van der Waals surface area contributed by atoms with Crippen LogP contribution in [0.3, 0.4) is 0 Å². The Bertz CT molecular complexity index is 48.2. The Morgan fingerprint density at radius 2 is 1.86 bits per heavy atom. The number of aliphatic carboxylic acids is 1. The summed E-state index contributed by atoms with van der Waals surface area (Å²) in [5.74, 6) is -0.745. The van der Waals surface area contributed by atoms with Crippen LogP contribution in [0.1, 0.15) is 13.3 Å². The van der Waals surface area contributed by atoms with Gasteiger partial charge in [-0.1, -0.05) is 6.92 Å². The molecule has 0 saturated heterocycles. The molecule has 0 unspecified atom stereocenters. The first kappa shape index (κ1) is 15.8. The van der Waals surface area contributed by atoms with E-state index >= 15 is 0 Å². The second-order valence-corrected chi connectivity index (χ2v) is 0.747. The van der Waals surface area contributed by atoms with Gasteiger partial charge in [0.25, 0.3) is 0 Å². The van der Waals surface area contributed by atoms with Crippen molar-refractivity contribution in [3.63, 3.8) is 0 Å². The van der Waals surface area contributed by atoms with Crippen LogP contribution in [-0.4, -0.2) is 11.1 Å². The molecule has 0 fully saturated rings. The predicted octanol–water partition coefficient (Wildman–Crippen LogP) is 0.899. The van der Waals surface area contributed by atoms with E-state index in [0.29, 0.717) is 0 Å². The summed E-state index contributed by atoms with van der Waals surface area (Å²) in [4.78, 5) is 9.37. The summed E-state index contributed by atoms with van der Waals surface area (Å²) in [5.41, 5.74) is 0. The van der Waals surface area contributed by atoms with Crippen molar-refractivity contribution < 1.29 is 31.7 Å². The van der Waals surface area contributed by atoms with E-state index < -0.39 is 5.97 Å². The maximum Gasteiger partial charge on any atom is 0.303 e. The Hall–Kier alpha value is -0.0805. The molecule has 0 spiro atoms. The quantitative estimate of drug-likeness (QED) is 0.573. The molecule has 0 amide bonds. The molecule has 1 N–H and O–H groups in total. The number of hydrogen-bond acceptors (Lipinski definition) is 1. The molecule has 0 aromatic rings. The zero-order valence-corrected chi connectivity index (χ0v) is 4.68. The van der Waals surface area contributed by atoms with Crippen LogP contribution in [-0.2, 0) is 21.9 Å². The predicted molar refractivity (Wildman–Crippen MR) is 19.0 cm³/mol. The van der Waals surface area contributed by atoms with E-state index in [9.17, 15) is 4.79 Å². The molecule has 2 nitrogen and oxygen atoms in total. The fourth-order valence-corrected chi connectivity index (χ4v) is 0. The van der Waals surface area contributed by atoms with Gasteiger partial charge in [0.05, 0.1) is 0 Å². The average molecular weight is 157 g/mol. The number of hydrogen-bond donors (Lipinski definition) is 1. The van der Waals surface area contributed by atoms with Crippen LogP contribution in [0, 0.1) is 0 Å². The van der Waals surface area contributed by atoms with Gasteiger partial charge < -0.3 is 5.11 Å². The van der Waals surface area contributed by atoms with E-state index in [1.807, 2.05) is 0 Å². The van der Waals surface area contributed by atoms with Crippen molar-refractivity contribution in [1.29, 1.82) is 0 Å². The van der Waals surface area contributed by atoms with E-state index in [1.165, 1.54) is 0 Å². The number of carboxylic acids is 1. The van der Waals surface area contributed by atoms with E-state index in [-0.39, 0.29) is 28.2 Å². The zero-order chi connectivity index (χ0) is 4.28. The maximum absolute atomic E-state index is 9.37. The third kappa shape index (κ3) is 24.7. The summed E-state index contributed by atoms with van der Waals surface area (Å²) < 4.78 is 0. The Morgan fingerprint density at radius 3 is 1.86 bits per heavy atom. The van der Waals surface area contributed by atoms with Gasteiger partial charge in [-0.2, -0.15) is 0 Å². The van der Waals surface area contributed by atoms with Crippen LogP contribution in [0.5, 0.6) is 0 Å².